The number of rotatable bonds is 16. The number of amides is 4. The standard InChI is InChI=1S/C37H40Cl2N6O4/c38-30-13-12-29(32(39)22-30)14-19-44-25-36(48)45(20-15-31(27-8-3-1-4-9-27)28-10-5-2-6-11-28)33(37(44)49)23-35(47)43(24-34(40)46)18-7-17-42-21-16-41-26-42/h1-6,8-13,16,21-22,26,31,33H,7,14-15,17-20,23-25H2,(H2,40,46). The van der Waals surface area contributed by atoms with Crippen molar-refractivity contribution in [3.63, 3.8) is 0 Å². The average molecular weight is 704 g/mol. The molecule has 0 spiro atoms. The molecule has 3 aromatic carbocycles. The molecule has 0 saturated carbocycles. The van der Waals surface area contributed by atoms with Gasteiger partial charge in [0.05, 0.1) is 25.8 Å². The zero-order valence-electron chi connectivity index (χ0n) is 27.2. The summed E-state index contributed by atoms with van der Waals surface area (Å²) in [6.45, 7) is 0.905. The maximum absolute atomic E-state index is 14.2. The Labute approximate surface area is 296 Å². The van der Waals surface area contributed by atoms with Crippen LogP contribution in [-0.2, 0) is 32.1 Å². The third kappa shape index (κ3) is 9.70. The Morgan fingerprint density at radius 2 is 1.63 bits per heavy atom. The quantitative estimate of drug-likeness (QED) is 0.180. The molecule has 2 heterocycles. The van der Waals surface area contributed by atoms with Gasteiger partial charge in [0.15, 0.2) is 0 Å². The van der Waals surface area contributed by atoms with Crippen LogP contribution in [0.1, 0.15) is 41.9 Å². The average Bonchev–Trinajstić information content (AvgIpc) is 3.61. The predicted octanol–water partition coefficient (Wildman–Crippen LogP) is 4.79. The SMILES string of the molecule is NC(=O)CN(CCCn1ccnc1)C(=O)CC1C(=O)N(CCc2ccc(Cl)cc2Cl)CC(=O)N1CCC(c1ccccc1)c1ccccc1. The number of hydrogen-bond acceptors (Lipinski definition) is 5. The summed E-state index contributed by atoms with van der Waals surface area (Å²) in [5, 5.41) is 0.976. The summed E-state index contributed by atoms with van der Waals surface area (Å²) in [6.07, 6.45) is 6.36. The molecule has 1 unspecified atom stereocenters. The molecule has 0 radical (unpaired) electrons. The molecule has 4 aromatic rings. The highest BCUT2D eigenvalue weighted by Gasteiger charge is 2.41. The topological polar surface area (TPSA) is 122 Å². The van der Waals surface area contributed by atoms with Gasteiger partial charge >= 0.3 is 0 Å². The summed E-state index contributed by atoms with van der Waals surface area (Å²) in [5.41, 5.74) is 8.50. The lowest BCUT2D eigenvalue weighted by atomic mass is 9.88. The molecule has 2 N–H and O–H groups in total. The highest BCUT2D eigenvalue weighted by molar-refractivity contribution is 6.35. The van der Waals surface area contributed by atoms with Crippen LogP contribution in [0.25, 0.3) is 0 Å². The van der Waals surface area contributed by atoms with Crippen LogP contribution in [-0.4, -0.2) is 86.6 Å². The van der Waals surface area contributed by atoms with Crippen LogP contribution in [0, 0.1) is 0 Å². The second-order valence-electron chi connectivity index (χ2n) is 12.2. The van der Waals surface area contributed by atoms with Gasteiger partial charge in [0.1, 0.15) is 6.04 Å². The summed E-state index contributed by atoms with van der Waals surface area (Å²) in [4.78, 5) is 62.3. The lowest BCUT2D eigenvalue weighted by molar-refractivity contribution is -0.158. The van der Waals surface area contributed by atoms with E-state index < -0.39 is 17.9 Å². The highest BCUT2D eigenvalue weighted by atomic mass is 35.5. The third-order valence-corrected chi connectivity index (χ3v) is 9.41. The Morgan fingerprint density at radius 3 is 2.24 bits per heavy atom. The molecular weight excluding hydrogens is 663 g/mol. The van der Waals surface area contributed by atoms with Crippen LogP contribution in [0.2, 0.25) is 10.0 Å². The van der Waals surface area contributed by atoms with Crippen molar-refractivity contribution < 1.29 is 19.2 Å². The van der Waals surface area contributed by atoms with E-state index in [4.69, 9.17) is 28.9 Å². The summed E-state index contributed by atoms with van der Waals surface area (Å²) in [7, 11) is 0. The number of piperazine rings is 1. The highest BCUT2D eigenvalue weighted by Crippen LogP contribution is 2.30. The Hall–Kier alpha value is -4.67. The van der Waals surface area contributed by atoms with Crippen molar-refractivity contribution in [1.29, 1.82) is 0 Å². The van der Waals surface area contributed by atoms with Crippen LogP contribution < -0.4 is 5.73 Å². The maximum atomic E-state index is 14.2. The van der Waals surface area contributed by atoms with E-state index in [1.807, 2.05) is 47.2 Å². The summed E-state index contributed by atoms with van der Waals surface area (Å²) >= 11 is 12.5. The van der Waals surface area contributed by atoms with Gasteiger partial charge in [-0.15, -0.1) is 0 Å². The van der Waals surface area contributed by atoms with Crippen molar-refractivity contribution in [1.82, 2.24) is 24.3 Å². The number of halogens is 2. The van der Waals surface area contributed by atoms with Crippen LogP contribution in [0.3, 0.4) is 0 Å². The van der Waals surface area contributed by atoms with E-state index in [9.17, 15) is 19.2 Å². The molecule has 0 aliphatic carbocycles. The molecule has 5 rings (SSSR count). The minimum Gasteiger partial charge on any atom is -0.368 e. The number of benzene rings is 3. The largest absolute Gasteiger partial charge is 0.368 e. The van der Waals surface area contributed by atoms with E-state index >= 15 is 0 Å². The van der Waals surface area contributed by atoms with E-state index in [0.29, 0.717) is 35.9 Å². The summed E-state index contributed by atoms with van der Waals surface area (Å²) < 4.78 is 1.87. The van der Waals surface area contributed by atoms with Crippen LogP contribution >= 0.6 is 23.2 Å². The number of carbonyl (C=O) groups excluding carboxylic acids is 4. The molecule has 1 aromatic heterocycles. The van der Waals surface area contributed by atoms with Crippen molar-refractivity contribution in [2.24, 2.45) is 5.73 Å². The van der Waals surface area contributed by atoms with E-state index in [1.54, 1.807) is 35.6 Å². The predicted molar refractivity (Wildman–Crippen MR) is 189 cm³/mol. The molecule has 1 fully saturated rings. The van der Waals surface area contributed by atoms with Gasteiger partial charge in [-0.3, -0.25) is 19.2 Å². The van der Waals surface area contributed by atoms with Gasteiger partial charge in [0.25, 0.3) is 0 Å². The van der Waals surface area contributed by atoms with Gasteiger partial charge < -0.3 is 25.0 Å². The molecule has 256 valence electrons. The first-order chi connectivity index (χ1) is 23.7. The number of nitrogens with zero attached hydrogens (tertiary/aromatic N) is 5. The molecule has 1 atom stereocenters. The number of nitrogens with two attached hydrogens (primary N) is 1. The van der Waals surface area contributed by atoms with Crippen molar-refractivity contribution in [2.75, 3.05) is 32.7 Å². The van der Waals surface area contributed by atoms with Crippen molar-refractivity contribution in [3.05, 3.63) is 124 Å². The van der Waals surface area contributed by atoms with Crippen LogP contribution in [0.5, 0.6) is 0 Å². The van der Waals surface area contributed by atoms with Gasteiger partial charge in [-0.2, -0.15) is 0 Å². The number of primary amides is 1. The second kappa shape index (κ2) is 17.1. The summed E-state index contributed by atoms with van der Waals surface area (Å²) in [6, 6.07) is 24.2. The van der Waals surface area contributed by atoms with Gasteiger partial charge in [0.2, 0.25) is 23.6 Å². The first-order valence-corrected chi connectivity index (χ1v) is 17.1. The molecule has 10 nitrogen and oxygen atoms in total. The van der Waals surface area contributed by atoms with Crippen LogP contribution in [0.15, 0.2) is 97.6 Å². The first kappa shape index (κ1) is 35.6. The zero-order chi connectivity index (χ0) is 34.8. The van der Waals surface area contributed by atoms with Crippen molar-refractivity contribution in [3.8, 4) is 0 Å². The first-order valence-electron chi connectivity index (χ1n) is 16.3. The minimum atomic E-state index is -1.05. The smallest absolute Gasteiger partial charge is 0.246 e. The number of hydrogen-bond donors (Lipinski definition) is 1. The lowest BCUT2D eigenvalue weighted by Gasteiger charge is -2.41. The Kier molecular flexibility index (Phi) is 12.5. The van der Waals surface area contributed by atoms with Crippen molar-refractivity contribution in [2.45, 2.75) is 44.2 Å². The second-order valence-corrected chi connectivity index (χ2v) is 13.0. The molecule has 12 heteroatoms. The van der Waals surface area contributed by atoms with E-state index in [0.717, 1.165) is 16.7 Å². The van der Waals surface area contributed by atoms with Gasteiger partial charge in [-0.25, -0.2) is 4.98 Å². The van der Waals surface area contributed by atoms with E-state index in [1.165, 1.54) is 9.80 Å². The normalized spacial score (nSPS) is 14.8. The number of aromatic nitrogens is 2. The lowest BCUT2D eigenvalue weighted by Crippen LogP contribution is -2.61. The van der Waals surface area contributed by atoms with Gasteiger partial charge in [-0.1, -0.05) is 89.9 Å². The Balaban J connectivity index is 1.37. The number of carbonyl (C=O) groups is 4. The molecule has 49 heavy (non-hydrogen) atoms. The monoisotopic (exact) mass is 702 g/mol. The van der Waals surface area contributed by atoms with Crippen LogP contribution in [0.4, 0.5) is 0 Å². The zero-order valence-corrected chi connectivity index (χ0v) is 28.7. The Morgan fingerprint density at radius 1 is 0.939 bits per heavy atom. The van der Waals surface area contributed by atoms with Gasteiger partial charge in [0, 0.05) is 54.5 Å². The Bertz CT molecular complexity index is 1680. The molecular formula is C37H40Cl2N6O4. The summed E-state index contributed by atoms with van der Waals surface area (Å²) in [5.74, 6) is -1.70. The number of aryl methyl sites for hydroxylation is 1. The number of imidazole rings is 1. The molecule has 0 bridgehead atoms. The molecule has 4 amide bonds. The fourth-order valence-electron chi connectivity index (χ4n) is 6.30. The molecule has 1 saturated heterocycles. The van der Waals surface area contributed by atoms with E-state index in [-0.39, 0.29) is 56.9 Å². The minimum absolute atomic E-state index is 0.0405. The van der Waals surface area contributed by atoms with E-state index in [2.05, 4.69) is 29.2 Å². The maximum Gasteiger partial charge on any atom is 0.246 e. The molecule has 1 aliphatic rings. The fourth-order valence-corrected chi connectivity index (χ4v) is 6.80. The third-order valence-electron chi connectivity index (χ3n) is 8.82. The van der Waals surface area contributed by atoms with Gasteiger partial charge in [-0.05, 0) is 48.1 Å². The molecule has 1 aliphatic heterocycles. The fraction of sp³-hybridized carbons (Fsp3) is 0.324. The van der Waals surface area contributed by atoms with Crippen molar-refractivity contribution >= 4 is 46.8 Å².